The molecule has 0 bridgehead atoms. The zero-order valence-electron chi connectivity index (χ0n) is 19.0. The minimum absolute atomic E-state index is 0.0115. The minimum atomic E-state index is -0.497. The van der Waals surface area contributed by atoms with E-state index < -0.39 is 5.97 Å². The van der Waals surface area contributed by atoms with Gasteiger partial charge in [-0.1, -0.05) is 54.6 Å². The summed E-state index contributed by atoms with van der Waals surface area (Å²) in [6.07, 6.45) is 0. The Kier molecular flexibility index (Phi) is 7.64. The highest BCUT2D eigenvalue weighted by Gasteiger charge is 2.20. The molecule has 3 aromatic carbocycles. The van der Waals surface area contributed by atoms with Gasteiger partial charge in [0.1, 0.15) is 12.4 Å². The first-order valence-corrected chi connectivity index (χ1v) is 12.2. The van der Waals surface area contributed by atoms with E-state index in [1.54, 1.807) is 6.07 Å². The first-order chi connectivity index (χ1) is 17.0. The van der Waals surface area contributed by atoms with Crippen LogP contribution in [0.25, 0.3) is 20.2 Å². The van der Waals surface area contributed by atoms with Gasteiger partial charge < -0.3 is 19.3 Å². The van der Waals surface area contributed by atoms with Crippen molar-refractivity contribution in [1.29, 1.82) is 0 Å². The first-order valence-electron chi connectivity index (χ1n) is 10.6. The van der Waals surface area contributed by atoms with Crippen molar-refractivity contribution in [3.05, 3.63) is 94.2 Å². The van der Waals surface area contributed by atoms with Crippen LogP contribution >= 0.6 is 22.7 Å². The van der Waals surface area contributed by atoms with Gasteiger partial charge in [0.25, 0.3) is 0 Å². The summed E-state index contributed by atoms with van der Waals surface area (Å²) in [5.41, 5.74) is 1.06. The number of methoxy groups -OCH3 is 2. The first kappa shape index (κ1) is 24.3. The van der Waals surface area contributed by atoms with Crippen molar-refractivity contribution in [3.8, 4) is 11.5 Å². The molecule has 5 aromatic rings. The molecule has 178 valence electrons. The van der Waals surface area contributed by atoms with Gasteiger partial charge in [0.15, 0.2) is 15.5 Å². The molecule has 6 nitrogen and oxygen atoms in total. The Balaban J connectivity index is 0.000000179. The van der Waals surface area contributed by atoms with E-state index in [1.807, 2.05) is 72.8 Å². The van der Waals surface area contributed by atoms with Crippen molar-refractivity contribution in [2.24, 2.45) is 0 Å². The lowest BCUT2D eigenvalue weighted by atomic mass is 10.2. The minimum Gasteiger partial charge on any atom is -0.505 e. The highest BCUT2D eigenvalue weighted by molar-refractivity contribution is 7.21. The summed E-state index contributed by atoms with van der Waals surface area (Å²) in [4.78, 5) is 23.9. The summed E-state index contributed by atoms with van der Waals surface area (Å²) in [7, 11) is 2.68. The number of hydrogen-bond donors (Lipinski definition) is 1. The zero-order valence-corrected chi connectivity index (χ0v) is 20.7. The number of esters is 2. The van der Waals surface area contributed by atoms with Crippen LogP contribution in [0.15, 0.2) is 78.9 Å². The summed E-state index contributed by atoms with van der Waals surface area (Å²) >= 11 is 2.62. The maximum absolute atomic E-state index is 11.9. The summed E-state index contributed by atoms with van der Waals surface area (Å²) in [6.45, 7) is 0.422. The van der Waals surface area contributed by atoms with Gasteiger partial charge in [0.05, 0.1) is 14.2 Å². The van der Waals surface area contributed by atoms with E-state index in [9.17, 15) is 14.7 Å². The fraction of sp³-hybridized carbons (Fsp3) is 0.111. The normalized spacial score (nSPS) is 10.5. The van der Waals surface area contributed by atoms with E-state index in [1.165, 1.54) is 36.9 Å². The summed E-state index contributed by atoms with van der Waals surface area (Å²) in [5.74, 6) is -0.244. The van der Waals surface area contributed by atoms with E-state index in [4.69, 9.17) is 9.47 Å². The lowest BCUT2D eigenvalue weighted by Gasteiger charge is -2.07. The van der Waals surface area contributed by atoms with Crippen LogP contribution in [0.1, 0.15) is 24.9 Å². The fourth-order valence-corrected chi connectivity index (χ4v) is 5.46. The van der Waals surface area contributed by atoms with Gasteiger partial charge in [-0.25, -0.2) is 9.59 Å². The van der Waals surface area contributed by atoms with Crippen LogP contribution in [0.5, 0.6) is 11.5 Å². The fourth-order valence-electron chi connectivity index (χ4n) is 3.38. The number of carbonyl (C=O) groups excluding carboxylic acids is 2. The quantitative estimate of drug-likeness (QED) is 0.268. The van der Waals surface area contributed by atoms with Crippen molar-refractivity contribution >= 4 is 54.8 Å². The SMILES string of the molecule is COC(=O)c1sc2ccccc2c1O.COC(=O)c1sc2ccccc2c1OCc1ccccc1. The van der Waals surface area contributed by atoms with Gasteiger partial charge in [0.2, 0.25) is 0 Å². The van der Waals surface area contributed by atoms with E-state index in [0.29, 0.717) is 22.6 Å². The molecule has 0 radical (unpaired) electrons. The number of thiophene rings is 2. The molecule has 0 saturated heterocycles. The van der Waals surface area contributed by atoms with Crippen molar-refractivity contribution in [3.63, 3.8) is 0 Å². The molecule has 8 heteroatoms. The molecule has 0 saturated carbocycles. The van der Waals surface area contributed by atoms with Crippen molar-refractivity contribution in [1.82, 2.24) is 0 Å². The number of hydrogen-bond acceptors (Lipinski definition) is 8. The molecular weight excluding hydrogens is 484 g/mol. The molecule has 0 spiro atoms. The van der Waals surface area contributed by atoms with Crippen LogP contribution in [0, 0.1) is 0 Å². The number of rotatable bonds is 5. The lowest BCUT2D eigenvalue weighted by molar-refractivity contribution is 0.0593. The maximum atomic E-state index is 11.9. The third-order valence-electron chi connectivity index (χ3n) is 5.09. The Morgan fingerprint density at radius 1 is 0.714 bits per heavy atom. The summed E-state index contributed by atoms with van der Waals surface area (Å²) in [6, 6.07) is 25.0. The number of ether oxygens (including phenoxy) is 3. The van der Waals surface area contributed by atoms with E-state index in [0.717, 1.165) is 20.3 Å². The van der Waals surface area contributed by atoms with Gasteiger partial charge in [0, 0.05) is 20.2 Å². The molecule has 2 aromatic heterocycles. The standard InChI is InChI=1S/C17H14O3S.C10H8O3S/c1-19-17(18)16-15(13-9-5-6-10-14(13)21-16)20-11-12-7-3-2-4-8-12;1-13-10(12)9-8(11)6-4-2-3-5-7(6)14-9/h2-10H,11H2,1H3;2-5,11H,1H3. The molecule has 2 heterocycles. The van der Waals surface area contributed by atoms with Crippen LogP contribution in [0.2, 0.25) is 0 Å². The Hall–Kier alpha value is -3.88. The van der Waals surface area contributed by atoms with E-state index in [-0.39, 0.29) is 16.6 Å². The summed E-state index contributed by atoms with van der Waals surface area (Å²) in [5, 5.41) is 11.3. The molecule has 35 heavy (non-hydrogen) atoms. The van der Waals surface area contributed by atoms with Crippen molar-refractivity contribution in [2.75, 3.05) is 14.2 Å². The van der Waals surface area contributed by atoms with Crippen LogP contribution in [-0.2, 0) is 16.1 Å². The smallest absolute Gasteiger partial charge is 0.351 e. The molecule has 0 atom stereocenters. The molecular formula is C27H22O6S2. The second-order valence-corrected chi connectivity index (χ2v) is 9.39. The topological polar surface area (TPSA) is 82.1 Å². The predicted molar refractivity (Wildman–Crippen MR) is 139 cm³/mol. The van der Waals surface area contributed by atoms with Gasteiger partial charge in [-0.05, 0) is 29.8 Å². The molecule has 0 unspecified atom stereocenters. The molecule has 1 N–H and O–H groups in total. The third-order valence-corrected chi connectivity index (χ3v) is 7.36. The average molecular weight is 507 g/mol. The van der Waals surface area contributed by atoms with Gasteiger partial charge in [-0.15, -0.1) is 22.7 Å². The monoisotopic (exact) mass is 506 g/mol. The number of fused-ring (bicyclic) bond motifs is 2. The second-order valence-electron chi connectivity index (χ2n) is 7.29. The molecule has 0 aliphatic rings. The molecule has 5 rings (SSSR count). The van der Waals surface area contributed by atoms with Crippen molar-refractivity contribution in [2.45, 2.75) is 6.61 Å². The van der Waals surface area contributed by atoms with Crippen LogP contribution < -0.4 is 4.74 Å². The van der Waals surface area contributed by atoms with E-state index >= 15 is 0 Å². The maximum Gasteiger partial charge on any atom is 0.351 e. The highest BCUT2D eigenvalue weighted by Crippen LogP contribution is 2.39. The average Bonchev–Trinajstić information content (AvgIpc) is 3.45. The molecule has 0 aliphatic carbocycles. The molecule has 0 fully saturated rings. The Labute approximate surface area is 209 Å². The van der Waals surface area contributed by atoms with Crippen molar-refractivity contribution < 1.29 is 28.9 Å². The van der Waals surface area contributed by atoms with Gasteiger partial charge in [-0.2, -0.15) is 0 Å². The molecule has 0 aliphatic heterocycles. The van der Waals surface area contributed by atoms with Gasteiger partial charge >= 0.3 is 11.9 Å². The second kappa shape index (κ2) is 11.0. The lowest BCUT2D eigenvalue weighted by Crippen LogP contribution is -2.02. The Bertz CT molecular complexity index is 1470. The number of benzene rings is 3. The molecule has 0 amide bonds. The largest absolute Gasteiger partial charge is 0.505 e. The number of carbonyl (C=O) groups is 2. The highest BCUT2D eigenvalue weighted by atomic mass is 32.1. The zero-order chi connectivity index (χ0) is 24.8. The van der Waals surface area contributed by atoms with Crippen LogP contribution in [0.3, 0.4) is 0 Å². The van der Waals surface area contributed by atoms with Crippen LogP contribution in [-0.4, -0.2) is 31.3 Å². The predicted octanol–water partition coefficient (Wildman–Crippen LogP) is 6.66. The van der Waals surface area contributed by atoms with E-state index in [2.05, 4.69) is 4.74 Å². The van der Waals surface area contributed by atoms with Crippen LogP contribution in [0.4, 0.5) is 0 Å². The van der Waals surface area contributed by atoms with Gasteiger partial charge in [-0.3, -0.25) is 0 Å². The Morgan fingerprint density at radius 3 is 1.86 bits per heavy atom. The Morgan fingerprint density at radius 2 is 1.23 bits per heavy atom. The third kappa shape index (κ3) is 5.29. The number of aromatic hydroxyl groups is 1. The summed E-state index contributed by atoms with van der Waals surface area (Å²) < 4.78 is 17.2.